The summed E-state index contributed by atoms with van der Waals surface area (Å²) in [7, 11) is 0. The SMILES string of the molecule is CSC1(CNc2ncccc2C#N)CC1. The van der Waals surface area contributed by atoms with Crippen molar-refractivity contribution in [2.75, 3.05) is 18.1 Å². The summed E-state index contributed by atoms with van der Waals surface area (Å²) in [5.41, 5.74) is 0.620. The van der Waals surface area contributed by atoms with Crippen LogP contribution in [0, 0.1) is 11.3 Å². The molecule has 1 heterocycles. The molecule has 1 aromatic heterocycles. The van der Waals surface area contributed by atoms with Crippen LogP contribution in [0.5, 0.6) is 0 Å². The number of rotatable bonds is 4. The Hall–Kier alpha value is -1.21. The number of pyridine rings is 1. The van der Waals surface area contributed by atoms with Crippen LogP contribution in [0.15, 0.2) is 18.3 Å². The zero-order valence-electron chi connectivity index (χ0n) is 8.66. The van der Waals surface area contributed by atoms with Gasteiger partial charge in [-0.05, 0) is 31.2 Å². The average molecular weight is 219 g/mol. The van der Waals surface area contributed by atoms with Crippen LogP contribution >= 0.6 is 11.8 Å². The van der Waals surface area contributed by atoms with Gasteiger partial charge in [-0.15, -0.1) is 0 Å². The summed E-state index contributed by atoms with van der Waals surface area (Å²) in [6, 6.07) is 5.71. The second-order valence-corrected chi connectivity index (χ2v) is 5.03. The first kappa shape index (κ1) is 10.3. The van der Waals surface area contributed by atoms with Gasteiger partial charge < -0.3 is 5.32 Å². The van der Waals surface area contributed by atoms with Gasteiger partial charge in [0.25, 0.3) is 0 Å². The number of aromatic nitrogens is 1. The molecule has 1 fully saturated rings. The maximum absolute atomic E-state index is 8.89. The molecule has 1 saturated carbocycles. The topological polar surface area (TPSA) is 48.7 Å². The summed E-state index contributed by atoms with van der Waals surface area (Å²) in [6.07, 6.45) is 6.37. The summed E-state index contributed by atoms with van der Waals surface area (Å²) in [6.45, 7) is 0.903. The van der Waals surface area contributed by atoms with Crippen molar-refractivity contribution in [3.05, 3.63) is 23.9 Å². The first-order valence-corrected chi connectivity index (χ1v) is 6.16. The van der Waals surface area contributed by atoms with Crippen LogP contribution < -0.4 is 5.32 Å². The standard InChI is InChI=1S/C11H13N3S/c1-15-11(4-5-11)8-14-10-9(7-12)3-2-6-13-10/h2-3,6H,4-5,8H2,1H3,(H,13,14). The highest BCUT2D eigenvalue weighted by molar-refractivity contribution is 8.00. The second-order valence-electron chi connectivity index (χ2n) is 3.75. The van der Waals surface area contributed by atoms with Gasteiger partial charge in [-0.3, -0.25) is 0 Å². The number of hydrogen-bond acceptors (Lipinski definition) is 4. The lowest BCUT2D eigenvalue weighted by Crippen LogP contribution is -2.18. The molecular weight excluding hydrogens is 206 g/mol. The number of hydrogen-bond donors (Lipinski definition) is 1. The molecule has 3 nitrogen and oxygen atoms in total. The molecule has 0 spiro atoms. The Morgan fingerprint density at radius 1 is 1.67 bits per heavy atom. The molecule has 0 unspecified atom stereocenters. The van der Waals surface area contributed by atoms with Crippen LogP contribution in [0.4, 0.5) is 5.82 Å². The van der Waals surface area contributed by atoms with Crippen LogP contribution in [-0.2, 0) is 0 Å². The molecule has 0 bridgehead atoms. The zero-order chi connectivity index (χ0) is 10.7. The van der Waals surface area contributed by atoms with E-state index in [1.807, 2.05) is 11.8 Å². The van der Waals surface area contributed by atoms with E-state index in [0.29, 0.717) is 16.1 Å². The van der Waals surface area contributed by atoms with Crippen LogP contribution in [0.1, 0.15) is 18.4 Å². The van der Waals surface area contributed by atoms with Crippen molar-refractivity contribution in [3.63, 3.8) is 0 Å². The highest BCUT2D eigenvalue weighted by Crippen LogP contribution is 2.46. The molecule has 1 aliphatic rings. The first-order valence-electron chi connectivity index (χ1n) is 4.94. The van der Waals surface area contributed by atoms with Crippen molar-refractivity contribution in [3.8, 4) is 6.07 Å². The lowest BCUT2D eigenvalue weighted by Gasteiger charge is -2.13. The lowest BCUT2D eigenvalue weighted by molar-refractivity contribution is 0.939. The maximum Gasteiger partial charge on any atom is 0.143 e. The van der Waals surface area contributed by atoms with Crippen molar-refractivity contribution in [2.45, 2.75) is 17.6 Å². The predicted molar refractivity (Wildman–Crippen MR) is 62.9 cm³/mol. The van der Waals surface area contributed by atoms with Crippen LogP contribution in [0.2, 0.25) is 0 Å². The van der Waals surface area contributed by atoms with Gasteiger partial charge in [-0.25, -0.2) is 4.98 Å². The molecule has 0 atom stereocenters. The fourth-order valence-electron chi connectivity index (χ4n) is 1.47. The van der Waals surface area contributed by atoms with Crippen molar-refractivity contribution in [1.82, 2.24) is 4.98 Å². The van der Waals surface area contributed by atoms with Gasteiger partial charge in [0, 0.05) is 17.5 Å². The monoisotopic (exact) mass is 219 g/mol. The van der Waals surface area contributed by atoms with Gasteiger partial charge in [0.2, 0.25) is 0 Å². The number of nitrogens with one attached hydrogen (secondary N) is 1. The predicted octanol–water partition coefficient (Wildman–Crippen LogP) is 2.26. The quantitative estimate of drug-likeness (QED) is 0.844. The number of nitrogens with zero attached hydrogens (tertiary/aromatic N) is 2. The highest BCUT2D eigenvalue weighted by atomic mass is 32.2. The molecule has 0 aliphatic heterocycles. The average Bonchev–Trinajstić information content (AvgIpc) is 3.07. The highest BCUT2D eigenvalue weighted by Gasteiger charge is 2.41. The minimum Gasteiger partial charge on any atom is -0.368 e. The first-order chi connectivity index (χ1) is 7.29. The van der Waals surface area contributed by atoms with Gasteiger partial charge in [0.15, 0.2) is 0 Å². The van der Waals surface area contributed by atoms with E-state index in [9.17, 15) is 0 Å². The fourth-order valence-corrected chi connectivity index (χ4v) is 2.20. The Balaban J connectivity index is 2.02. The van der Waals surface area contributed by atoms with E-state index < -0.39 is 0 Å². The summed E-state index contributed by atoms with van der Waals surface area (Å²) < 4.78 is 0.393. The second kappa shape index (κ2) is 4.11. The minimum absolute atomic E-state index is 0.393. The normalized spacial score (nSPS) is 16.8. The van der Waals surface area contributed by atoms with Crippen LogP contribution in [0.3, 0.4) is 0 Å². The maximum atomic E-state index is 8.89. The molecule has 1 aliphatic carbocycles. The van der Waals surface area contributed by atoms with Gasteiger partial charge in [-0.2, -0.15) is 17.0 Å². The van der Waals surface area contributed by atoms with Crippen molar-refractivity contribution in [2.24, 2.45) is 0 Å². The van der Waals surface area contributed by atoms with E-state index in [1.54, 1.807) is 18.3 Å². The summed E-state index contributed by atoms with van der Waals surface area (Å²) in [5.74, 6) is 0.709. The van der Waals surface area contributed by atoms with Crippen molar-refractivity contribution >= 4 is 17.6 Å². The molecule has 2 rings (SSSR count). The Labute approximate surface area is 93.9 Å². The van der Waals surface area contributed by atoms with E-state index in [0.717, 1.165) is 6.54 Å². The van der Waals surface area contributed by atoms with Crippen molar-refractivity contribution in [1.29, 1.82) is 5.26 Å². The molecule has 0 radical (unpaired) electrons. The van der Waals surface area contributed by atoms with E-state index in [2.05, 4.69) is 22.6 Å². The van der Waals surface area contributed by atoms with E-state index >= 15 is 0 Å². The van der Waals surface area contributed by atoms with E-state index in [4.69, 9.17) is 5.26 Å². The Bertz CT molecular complexity index is 393. The largest absolute Gasteiger partial charge is 0.368 e. The Morgan fingerprint density at radius 2 is 2.47 bits per heavy atom. The number of nitriles is 1. The summed E-state index contributed by atoms with van der Waals surface area (Å²) >= 11 is 1.90. The Morgan fingerprint density at radius 3 is 3.07 bits per heavy atom. The summed E-state index contributed by atoms with van der Waals surface area (Å²) in [4.78, 5) is 4.17. The van der Waals surface area contributed by atoms with Gasteiger partial charge in [0.05, 0.1) is 5.56 Å². The minimum atomic E-state index is 0.393. The third kappa shape index (κ3) is 2.24. The van der Waals surface area contributed by atoms with Crippen LogP contribution in [0.25, 0.3) is 0 Å². The molecule has 1 N–H and O–H groups in total. The zero-order valence-corrected chi connectivity index (χ0v) is 9.47. The summed E-state index contributed by atoms with van der Waals surface area (Å²) in [5, 5.41) is 12.1. The van der Waals surface area contributed by atoms with Gasteiger partial charge in [-0.1, -0.05) is 0 Å². The smallest absolute Gasteiger partial charge is 0.143 e. The molecule has 15 heavy (non-hydrogen) atoms. The molecular formula is C11H13N3S. The molecule has 78 valence electrons. The van der Waals surface area contributed by atoms with E-state index in [-0.39, 0.29) is 0 Å². The molecule has 0 aromatic carbocycles. The van der Waals surface area contributed by atoms with E-state index in [1.165, 1.54) is 12.8 Å². The Kier molecular flexibility index (Phi) is 2.83. The van der Waals surface area contributed by atoms with Crippen LogP contribution in [-0.4, -0.2) is 22.5 Å². The van der Waals surface area contributed by atoms with Gasteiger partial charge >= 0.3 is 0 Å². The van der Waals surface area contributed by atoms with Gasteiger partial charge in [0.1, 0.15) is 11.9 Å². The fraction of sp³-hybridized carbons (Fsp3) is 0.455. The third-order valence-corrected chi connectivity index (χ3v) is 4.17. The van der Waals surface area contributed by atoms with Crippen molar-refractivity contribution < 1.29 is 0 Å². The molecule has 1 aromatic rings. The molecule has 0 amide bonds. The lowest BCUT2D eigenvalue weighted by atomic mass is 10.3. The number of thioether (sulfide) groups is 1. The third-order valence-electron chi connectivity index (χ3n) is 2.75. The number of anilines is 1. The molecule has 0 saturated heterocycles. The molecule has 4 heteroatoms.